The van der Waals surface area contributed by atoms with Gasteiger partial charge in [0.2, 0.25) is 5.95 Å². The van der Waals surface area contributed by atoms with Gasteiger partial charge in [-0.2, -0.15) is 13.2 Å². The highest BCUT2D eigenvalue weighted by atomic mass is 32.2. The van der Waals surface area contributed by atoms with Crippen LogP contribution in [0, 0.1) is 0 Å². The molecule has 0 unspecified atom stereocenters. The smallest absolute Gasteiger partial charge is 0.396 e. The van der Waals surface area contributed by atoms with Crippen LogP contribution < -0.4 is 11.3 Å². The maximum absolute atomic E-state index is 12.5. The summed E-state index contributed by atoms with van der Waals surface area (Å²) in [6.07, 6.45) is -4.07. The third-order valence-corrected chi connectivity index (χ3v) is 2.67. The van der Waals surface area contributed by atoms with Gasteiger partial charge < -0.3 is 5.11 Å². The molecule has 0 fully saturated rings. The van der Waals surface area contributed by atoms with Gasteiger partial charge in [-0.1, -0.05) is 0 Å². The van der Waals surface area contributed by atoms with Crippen LogP contribution in [0.4, 0.5) is 19.1 Å². The Hall–Kier alpha value is -1.06. The second kappa shape index (κ2) is 6.03. The zero-order valence-electron chi connectivity index (χ0n) is 8.66. The van der Waals surface area contributed by atoms with Gasteiger partial charge in [-0.3, -0.25) is 5.43 Å². The largest absolute Gasteiger partial charge is 0.433 e. The highest BCUT2D eigenvalue weighted by Gasteiger charge is 2.33. The molecule has 0 amide bonds. The van der Waals surface area contributed by atoms with Gasteiger partial charge in [0.1, 0.15) is 5.03 Å². The van der Waals surface area contributed by atoms with Gasteiger partial charge in [0.15, 0.2) is 5.69 Å². The first-order valence-corrected chi connectivity index (χ1v) is 5.62. The molecular formula is C8H11F3N4OS. The molecule has 1 rings (SSSR count). The molecule has 17 heavy (non-hydrogen) atoms. The van der Waals surface area contributed by atoms with Crippen LogP contribution in [-0.4, -0.2) is 27.4 Å². The Morgan fingerprint density at radius 1 is 1.41 bits per heavy atom. The zero-order chi connectivity index (χ0) is 12.9. The van der Waals surface area contributed by atoms with Crippen LogP contribution in [0.5, 0.6) is 0 Å². The van der Waals surface area contributed by atoms with Gasteiger partial charge in [-0.25, -0.2) is 15.8 Å². The summed E-state index contributed by atoms with van der Waals surface area (Å²) in [7, 11) is 0. The Morgan fingerprint density at radius 3 is 2.65 bits per heavy atom. The quantitative estimate of drug-likeness (QED) is 0.245. The van der Waals surface area contributed by atoms with Crippen molar-refractivity contribution in [2.45, 2.75) is 17.6 Å². The predicted octanol–water partition coefficient (Wildman–Crippen LogP) is 1.26. The number of aliphatic hydroxyl groups is 1. The average Bonchev–Trinajstić information content (AvgIpc) is 2.28. The molecular weight excluding hydrogens is 257 g/mol. The van der Waals surface area contributed by atoms with E-state index in [1.165, 1.54) is 0 Å². The van der Waals surface area contributed by atoms with Crippen LogP contribution in [0.2, 0.25) is 0 Å². The predicted molar refractivity (Wildman–Crippen MR) is 57.3 cm³/mol. The van der Waals surface area contributed by atoms with Crippen LogP contribution in [0.1, 0.15) is 12.1 Å². The van der Waals surface area contributed by atoms with Crippen LogP contribution in [0.15, 0.2) is 11.1 Å². The Bertz CT molecular complexity index is 374. The normalized spacial score (nSPS) is 11.6. The molecule has 0 aliphatic carbocycles. The Kier molecular flexibility index (Phi) is 4.97. The molecule has 0 radical (unpaired) electrons. The number of nitrogen functional groups attached to an aromatic ring is 1. The van der Waals surface area contributed by atoms with E-state index in [0.29, 0.717) is 12.2 Å². The summed E-state index contributed by atoms with van der Waals surface area (Å²) in [5.74, 6) is 5.18. The summed E-state index contributed by atoms with van der Waals surface area (Å²) in [5, 5.41) is 8.73. The summed E-state index contributed by atoms with van der Waals surface area (Å²) >= 11 is 1.10. The number of nitrogens with two attached hydrogens (primary N) is 1. The second-order valence-electron chi connectivity index (χ2n) is 2.98. The summed E-state index contributed by atoms with van der Waals surface area (Å²) in [5.41, 5.74) is 0.936. The topological polar surface area (TPSA) is 84.1 Å². The van der Waals surface area contributed by atoms with Gasteiger partial charge in [-0.05, 0) is 6.42 Å². The van der Waals surface area contributed by atoms with Crippen molar-refractivity contribution in [3.63, 3.8) is 0 Å². The van der Waals surface area contributed by atoms with Crippen molar-refractivity contribution in [2.24, 2.45) is 5.84 Å². The number of hydrazine groups is 1. The third kappa shape index (κ3) is 4.36. The molecule has 5 nitrogen and oxygen atoms in total. The number of halogens is 3. The lowest BCUT2D eigenvalue weighted by atomic mass is 10.4. The molecule has 4 N–H and O–H groups in total. The summed E-state index contributed by atoms with van der Waals surface area (Å²) in [6.45, 7) is -0.0216. The van der Waals surface area contributed by atoms with Gasteiger partial charge in [0.25, 0.3) is 0 Å². The SMILES string of the molecule is NNc1nc(SCCCO)cc(C(F)(F)F)n1. The molecule has 0 aromatic carbocycles. The standard InChI is InChI=1S/C8H11F3N4OS/c9-8(10,11)5-4-6(17-3-1-2-16)14-7(13-5)15-12/h4,16H,1-3,12H2,(H,13,14,15). The first-order valence-electron chi connectivity index (χ1n) is 4.64. The lowest BCUT2D eigenvalue weighted by Crippen LogP contribution is -2.15. The maximum Gasteiger partial charge on any atom is 0.433 e. The van der Waals surface area contributed by atoms with E-state index in [0.717, 1.165) is 17.8 Å². The number of aliphatic hydroxyl groups excluding tert-OH is 1. The second-order valence-corrected chi connectivity index (χ2v) is 4.10. The minimum absolute atomic E-state index is 0.0216. The molecule has 0 bridgehead atoms. The Morgan fingerprint density at radius 2 is 2.12 bits per heavy atom. The first kappa shape index (κ1) is 14.0. The van der Waals surface area contributed by atoms with Crippen molar-refractivity contribution < 1.29 is 18.3 Å². The van der Waals surface area contributed by atoms with Crippen LogP contribution in [0.25, 0.3) is 0 Å². The Balaban J connectivity index is 2.89. The number of rotatable bonds is 5. The minimum Gasteiger partial charge on any atom is -0.396 e. The third-order valence-electron chi connectivity index (χ3n) is 1.67. The minimum atomic E-state index is -4.54. The zero-order valence-corrected chi connectivity index (χ0v) is 9.48. The van der Waals surface area contributed by atoms with Crippen LogP contribution in [0.3, 0.4) is 0 Å². The number of hydrogen-bond donors (Lipinski definition) is 3. The highest BCUT2D eigenvalue weighted by Crippen LogP contribution is 2.30. The van der Waals surface area contributed by atoms with Crippen molar-refractivity contribution in [2.75, 3.05) is 17.8 Å². The molecule has 0 atom stereocenters. The number of nitrogens with zero attached hydrogens (tertiary/aromatic N) is 2. The molecule has 0 saturated carbocycles. The monoisotopic (exact) mass is 268 g/mol. The van der Waals surface area contributed by atoms with E-state index in [2.05, 4.69) is 9.97 Å². The number of alkyl halides is 3. The number of aromatic nitrogens is 2. The Labute approximate surface area is 99.6 Å². The average molecular weight is 268 g/mol. The molecule has 9 heteroatoms. The van der Waals surface area contributed by atoms with Crippen molar-refractivity contribution in [3.8, 4) is 0 Å². The fourth-order valence-corrected chi connectivity index (χ4v) is 1.78. The molecule has 0 aliphatic heterocycles. The number of thioether (sulfide) groups is 1. The summed E-state index contributed by atoms with van der Waals surface area (Å²) < 4.78 is 37.4. The summed E-state index contributed by atoms with van der Waals surface area (Å²) in [4.78, 5) is 6.99. The van der Waals surface area contributed by atoms with Crippen molar-refractivity contribution >= 4 is 17.7 Å². The van der Waals surface area contributed by atoms with Crippen LogP contribution in [-0.2, 0) is 6.18 Å². The van der Waals surface area contributed by atoms with Crippen molar-refractivity contribution in [1.82, 2.24) is 9.97 Å². The number of anilines is 1. The lowest BCUT2D eigenvalue weighted by molar-refractivity contribution is -0.141. The van der Waals surface area contributed by atoms with Gasteiger partial charge in [0.05, 0.1) is 0 Å². The summed E-state index contributed by atoms with van der Waals surface area (Å²) in [6, 6.07) is 0.850. The van der Waals surface area contributed by atoms with E-state index >= 15 is 0 Å². The molecule has 0 saturated heterocycles. The molecule has 1 aromatic heterocycles. The van der Waals surface area contributed by atoms with Crippen molar-refractivity contribution in [3.05, 3.63) is 11.8 Å². The molecule has 0 spiro atoms. The van der Waals surface area contributed by atoms with Gasteiger partial charge in [0, 0.05) is 18.4 Å². The fourth-order valence-electron chi connectivity index (χ4n) is 0.950. The van der Waals surface area contributed by atoms with E-state index in [4.69, 9.17) is 10.9 Å². The maximum atomic E-state index is 12.5. The molecule has 1 aromatic rings. The fraction of sp³-hybridized carbons (Fsp3) is 0.500. The number of hydrogen-bond acceptors (Lipinski definition) is 6. The van der Waals surface area contributed by atoms with E-state index in [1.54, 1.807) is 0 Å². The van der Waals surface area contributed by atoms with Crippen molar-refractivity contribution in [1.29, 1.82) is 0 Å². The van der Waals surface area contributed by atoms with E-state index < -0.39 is 11.9 Å². The number of nitrogens with one attached hydrogen (secondary N) is 1. The van der Waals surface area contributed by atoms with Gasteiger partial charge in [-0.15, -0.1) is 11.8 Å². The molecule has 0 aliphatic rings. The van der Waals surface area contributed by atoms with Gasteiger partial charge >= 0.3 is 6.18 Å². The highest BCUT2D eigenvalue weighted by molar-refractivity contribution is 7.99. The van der Waals surface area contributed by atoms with E-state index in [-0.39, 0.29) is 17.6 Å². The van der Waals surface area contributed by atoms with E-state index in [1.807, 2.05) is 5.43 Å². The molecule has 1 heterocycles. The van der Waals surface area contributed by atoms with Crippen LogP contribution >= 0.6 is 11.8 Å². The lowest BCUT2D eigenvalue weighted by Gasteiger charge is -2.09. The van der Waals surface area contributed by atoms with E-state index in [9.17, 15) is 13.2 Å². The molecule has 96 valence electrons. The first-order chi connectivity index (χ1) is 7.97.